The monoisotopic (exact) mass is 308 g/mol. The first-order valence-electron chi connectivity index (χ1n) is 7.88. The summed E-state index contributed by atoms with van der Waals surface area (Å²) in [6.07, 6.45) is 2.61. The third-order valence-corrected chi connectivity index (χ3v) is 3.81. The molecule has 0 radical (unpaired) electrons. The molecule has 0 saturated carbocycles. The van der Waals surface area contributed by atoms with Crippen molar-refractivity contribution in [3.05, 3.63) is 35.4 Å². The van der Waals surface area contributed by atoms with E-state index in [-0.39, 0.29) is 7.43 Å². The Morgan fingerprint density at radius 3 is 1.95 bits per heavy atom. The Morgan fingerprint density at radius 2 is 1.55 bits per heavy atom. The molecule has 0 N–H and O–H groups in total. The van der Waals surface area contributed by atoms with Gasteiger partial charge in [0.2, 0.25) is 0 Å². The Kier molecular flexibility index (Phi) is 14.1. The maximum absolute atomic E-state index is 8.00. The maximum atomic E-state index is 8.00. The zero-order valence-corrected chi connectivity index (χ0v) is 14.4. The van der Waals surface area contributed by atoms with Crippen LogP contribution in [0.5, 0.6) is 0 Å². The van der Waals surface area contributed by atoms with Crippen LogP contribution in [0, 0.1) is 6.92 Å². The number of hydrogen-bond donors (Lipinski definition) is 0. The maximum Gasteiger partial charge on any atom is 0.106 e. The molecule has 0 aliphatic carbocycles. The van der Waals surface area contributed by atoms with Crippen LogP contribution in [0.25, 0.3) is 0 Å². The summed E-state index contributed by atoms with van der Waals surface area (Å²) >= 11 is 0. The van der Waals surface area contributed by atoms with Crippen LogP contribution < -0.4 is 0 Å². The molecule has 1 fully saturated rings. The number of carbonyl (C=O) groups excluding carboxylic acids is 1. The van der Waals surface area contributed by atoms with E-state index in [2.05, 4.69) is 55.1 Å². The van der Waals surface area contributed by atoms with Crippen molar-refractivity contribution < 1.29 is 4.79 Å². The van der Waals surface area contributed by atoms with E-state index in [0.717, 1.165) is 12.6 Å². The molecule has 0 unspecified atom stereocenters. The largest absolute Gasteiger partial charge is 0.307 e. The lowest BCUT2D eigenvalue weighted by atomic mass is 10.0. The van der Waals surface area contributed by atoms with Gasteiger partial charge in [-0.1, -0.05) is 51.1 Å². The summed E-state index contributed by atoms with van der Waals surface area (Å²) in [7, 11) is 4.39. The van der Waals surface area contributed by atoms with E-state index in [1.165, 1.54) is 37.1 Å². The van der Waals surface area contributed by atoms with Crippen LogP contribution in [0.1, 0.15) is 45.2 Å². The molecule has 0 bridgehead atoms. The Morgan fingerprint density at radius 1 is 1.09 bits per heavy atom. The SMILES string of the molecule is C.C=O.CC.Cc1ccc(CN2CCC(N(C)C)CC2)cc1. The predicted molar refractivity (Wildman–Crippen MR) is 98.4 cm³/mol. The molecule has 1 aromatic carbocycles. The zero-order valence-electron chi connectivity index (χ0n) is 14.4. The number of benzene rings is 1. The first-order chi connectivity index (χ1) is 10.1. The number of likely N-dealkylation sites (tertiary alicyclic amines) is 1. The first-order valence-corrected chi connectivity index (χ1v) is 7.88. The molecule has 0 aromatic heterocycles. The molecule has 1 saturated heterocycles. The van der Waals surface area contributed by atoms with Gasteiger partial charge in [0.15, 0.2) is 0 Å². The molecule has 3 nitrogen and oxygen atoms in total. The topological polar surface area (TPSA) is 23.6 Å². The fraction of sp³-hybridized carbons (Fsp3) is 0.632. The Bertz CT molecular complexity index is 354. The highest BCUT2D eigenvalue weighted by molar-refractivity contribution is 5.21. The van der Waals surface area contributed by atoms with Crippen molar-refractivity contribution in [2.24, 2.45) is 0 Å². The molecule has 128 valence electrons. The Labute approximate surface area is 138 Å². The van der Waals surface area contributed by atoms with Crippen LogP contribution in [-0.2, 0) is 11.3 Å². The van der Waals surface area contributed by atoms with Crippen LogP contribution in [0.2, 0.25) is 0 Å². The standard InChI is InChI=1S/C15H24N2.C2H6.CH2O.CH4/c1-13-4-6-14(7-5-13)12-17-10-8-15(9-11-17)16(2)3;2*1-2;/h4-7,15H,8-12H2,1-3H3;1-2H3;1H2;1H4. The summed E-state index contributed by atoms with van der Waals surface area (Å²) in [5, 5.41) is 0. The number of rotatable bonds is 3. The average Bonchev–Trinajstić information content (AvgIpc) is 2.54. The zero-order chi connectivity index (χ0) is 16.3. The molecular weight excluding hydrogens is 272 g/mol. The minimum Gasteiger partial charge on any atom is -0.307 e. The summed E-state index contributed by atoms with van der Waals surface area (Å²) in [5.41, 5.74) is 2.79. The fourth-order valence-electron chi connectivity index (χ4n) is 2.55. The van der Waals surface area contributed by atoms with Gasteiger partial charge >= 0.3 is 0 Å². The van der Waals surface area contributed by atoms with Crippen LogP contribution in [0.15, 0.2) is 24.3 Å². The Hall–Kier alpha value is -1.19. The van der Waals surface area contributed by atoms with Crippen LogP contribution in [0.3, 0.4) is 0 Å². The second-order valence-electron chi connectivity index (χ2n) is 5.46. The molecule has 1 aromatic rings. The van der Waals surface area contributed by atoms with Gasteiger partial charge in [-0.25, -0.2) is 0 Å². The van der Waals surface area contributed by atoms with E-state index >= 15 is 0 Å². The van der Waals surface area contributed by atoms with Crippen molar-refractivity contribution in [1.82, 2.24) is 9.80 Å². The van der Waals surface area contributed by atoms with Gasteiger partial charge in [0.05, 0.1) is 0 Å². The van der Waals surface area contributed by atoms with Crippen LogP contribution >= 0.6 is 0 Å². The lowest BCUT2D eigenvalue weighted by Crippen LogP contribution is -2.41. The lowest BCUT2D eigenvalue weighted by Gasteiger charge is -2.35. The molecule has 3 heteroatoms. The van der Waals surface area contributed by atoms with Crippen molar-refractivity contribution in [2.45, 2.75) is 53.6 Å². The number of piperidine rings is 1. The van der Waals surface area contributed by atoms with E-state index in [1.54, 1.807) is 0 Å². The molecular formula is C19H36N2O. The summed E-state index contributed by atoms with van der Waals surface area (Å²) in [6, 6.07) is 9.72. The van der Waals surface area contributed by atoms with Gasteiger partial charge in [0.25, 0.3) is 0 Å². The van der Waals surface area contributed by atoms with Crippen LogP contribution in [-0.4, -0.2) is 49.8 Å². The van der Waals surface area contributed by atoms with Crippen molar-refractivity contribution in [3.8, 4) is 0 Å². The summed E-state index contributed by atoms with van der Waals surface area (Å²) in [6.45, 7) is 11.7. The van der Waals surface area contributed by atoms with Gasteiger partial charge in [0, 0.05) is 12.6 Å². The Balaban J connectivity index is 0. The second-order valence-corrected chi connectivity index (χ2v) is 5.46. The molecule has 1 heterocycles. The number of carbonyl (C=O) groups is 1. The summed E-state index contributed by atoms with van der Waals surface area (Å²) in [5.74, 6) is 0. The first kappa shape index (κ1) is 23.1. The predicted octanol–water partition coefficient (Wildman–Crippen LogP) is 4.00. The molecule has 0 spiro atoms. The number of nitrogens with zero attached hydrogens (tertiary/aromatic N) is 2. The molecule has 0 amide bonds. The van der Waals surface area contributed by atoms with Crippen molar-refractivity contribution >= 4 is 6.79 Å². The van der Waals surface area contributed by atoms with E-state index in [4.69, 9.17) is 4.79 Å². The smallest absolute Gasteiger partial charge is 0.106 e. The van der Waals surface area contributed by atoms with E-state index < -0.39 is 0 Å². The van der Waals surface area contributed by atoms with Gasteiger partial charge in [0.1, 0.15) is 6.79 Å². The van der Waals surface area contributed by atoms with Gasteiger partial charge in [-0.3, -0.25) is 4.90 Å². The van der Waals surface area contributed by atoms with Crippen molar-refractivity contribution in [3.63, 3.8) is 0 Å². The molecule has 0 atom stereocenters. The highest BCUT2D eigenvalue weighted by Gasteiger charge is 2.20. The van der Waals surface area contributed by atoms with Gasteiger partial charge in [-0.2, -0.15) is 0 Å². The summed E-state index contributed by atoms with van der Waals surface area (Å²) < 4.78 is 0. The third-order valence-electron chi connectivity index (χ3n) is 3.81. The summed E-state index contributed by atoms with van der Waals surface area (Å²) in [4.78, 5) is 12.9. The molecule has 1 aliphatic heterocycles. The normalized spacial score (nSPS) is 15.0. The van der Waals surface area contributed by atoms with Crippen molar-refractivity contribution in [2.75, 3.05) is 27.2 Å². The fourth-order valence-corrected chi connectivity index (χ4v) is 2.55. The average molecular weight is 309 g/mol. The number of hydrogen-bond acceptors (Lipinski definition) is 3. The van der Waals surface area contributed by atoms with Gasteiger partial charge in [-0.05, 0) is 52.5 Å². The van der Waals surface area contributed by atoms with E-state index in [1.807, 2.05) is 20.6 Å². The lowest BCUT2D eigenvalue weighted by molar-refractivity contribution is -0.0979. The molecule has 22 heavy (non-hydrogen) atoms. The van der Waals surface area contributed by atoms with E-state index in [9.17, 15) is 0 Å². The minimum absolute atomic E-state index is 0. The van der Waals surface area contributed by atoms with Gasteiger partial charge in [-0.15, -0.1) is 0 Å². The van der Waals surface area contributed by atoms with Crippen molar-refractivity contribution in [1.29, 1.82) is 0 Å². The van der Waals surface area contributed by atoms with E-state index in [0.29, 0.717) is 0 Å². The second kappa shape index (κ2) is 13.5. The highest BCUT2D eigenvalue weighted by Crippen LogP contribution is 2.16. The number of aryl methyl sites for hydroxylation is 1. The molecule has 2 rings (SSSR count). The van der Waals surface area contributed by atoms with Crippen LogP contribution in [0.4, 0.5) is 0 Å². The third kappa shape index (κ3) is 8.30. The highest BCUT2D eigenvalue weighted by atomic mass is 16.1. The molecule has 1 aliphatic rings. The van der Waals surface area contributed by atoms with Gasteiger partial charge < -0.3 is 9.69 Å². The minimum atomic E-state index is 0. The quantitative estimate of drug-likeness (QED) is 0.843.